The topological polar surface area (TPSA) is 78.4 Å². The number of nitrogens with zero attached hydrogens (tertiary/aromatic N) is 5. The van der Waals surface area contributed by atoms with Gasteiger partial charge in [0.25, 0.3) is 0 Å². The van der Waals surface area contributed by atoms with Gasteiger partial charge in [-0.05, 0) is 11.6 Å². The van der Waals surface area contributed by atoms with Gasteiger partial charge in [0, 0.05) is 49.7 Å². The maximum Gasteiger partial charge on any atom is 0.0925 e. The second kappa shape index (κ2) is 5.56. The largest absolute Gasteiger partial charge is 0.347 e. The Labute approximate surface area is 144 Å². The highest BCUT2D eigenvalue weighted by molar-refractivity contribution is 5.78. The van der Waals surface area contributed by atoms with E-state index >= 15 is 0 Å². The fourth-order valence-corrected chi connectivity index (χ4v) is 3.74. The Kier molecular flexibility index (Phi) is 3.21. The minimum absolute atomic E-state index is 0.250. The molecule has 0 radical (unpaired) electrons. The van der Waals surface area contributed by atoms with Crippen molar-refractivity contribution in [2.24, 2.45) is 7.05 Å². The lowest BCUT2D eigenvalue weighted by molar-refractivity contribution is 0.228. The molecule has 1 aliphatic rings. The van der Waals surface area contributed by atoms with Gasteiger partial charge in [-0.15, -0.1) is 0 Å². The monoisotopic (exact) mass is 333 g/mol. The van der Waals surface area contributed by atoms with Crippen LogP contribution >= 0.6 is 0 Å². The summed E-state index contributed by atoms with van der Waals surface area (Å²) in [7, 11) is 1.95. The van der Waals surface area contributed by atoms with Gasteiger partial charge in [0.05, 0.1) is 35.6 Å². The molecule has 0 fully saturated rings. The molecular formula is C18H19N7. The molecule has 7 heteroatoms. The Bertz CT molecular complexity index is 1020. The average Bonchev–Trinajstić information content (AvgIpc) is 3.33. The third-order valence-electron chi connectivity index (χ3n) is 4.94. The summed E-state index contributed by atoms with van der Waals surface area (Å²) in [6.07, 6.45) is 7.69. The van der Waals surface area contributed by atoms with E-state index in [1.54, 1.807) is 6.33 Å². The molecule has 7 nitrogen and oxygen atoms in total. The first-order chi connectivity index (χ1) is 12.3. The zero-order chi connectivity index (χ0) is 16.8. The number of hydrogen-bond acceptors (Lipinski definition) is 4. The van der Waals surface area contributed by atoms with Crippen LogP contribution in [0.5, 0.6) is 0 Å². The van der Waals surface area contributed by atoms with E-state index in [0.29, 0.717) is 0 Å². The van der Waals surface area contributed by atoms with Crippen molar-refractivity contribution in [3.63, 3.8) is 0 Å². The SMILES string of the molecule is Cn1cc(C2CN(Cc3ccc4cn[nH]c4c3)Cc3[nH]cnc32)cn1. The summed E-state index contributed by atoms with van der Waals surface area (Å²) in [5.41, 5.74) is 5.92. The molecule has 0 saturated carbocycles. The minimum Gasteiger partial charge on any atom is -0.347 e. The second-order valence-corrected chi connectivity index (χ2v) is 6.73. The first-order valence-electron chi connectivity index (χ1n) is 8.41. The molecule has 4 heterocycles. The molecule has 25 heavy (non-hydrogen) atoms. The number of benzene rings is 1. The summed E-state index contributed by atoms with van der Waals surface area (Å²) in [6, 6.07) is 6.49. The predicted octanol–water partition coefficient (Wildman–Crippen LogP) is 2.17. The Hall–Kier alpha value is -2.93. The van der Waals surface area contributed by atoms with Crippen molar-refractivity contribution >= 4 is 10.9 Å². The first kappa shape index (κ1) is 14.4. The molecule has 0 amide bonds. The van der Waals surface area contributed by atoms with Crippen LogP contribution in [-0.4, -0.2) is 41.4 Å². The molecule has 4 aromatic rings. The molecule has 0 spiro atoms. The molecule has 0 saturated heterocycles. The number of fused-ring (bicyclic) bond motifs is 2. The Morgan fingerprint density at radius 2 is 2.24 bits per heavy atom. The standard InChI is InChI=1S/C18H19N7/c1-24-8-14(6-22-24)15-9-25(10-17-18(15)20-11-19-17)7-12-2-3-13-5-21-23-16(13)4-12/h2-6,8,11,15H,7,9-10H2,1H3,(H,19,20)(H,21,23). The van der Waals surface area contributed by atoms with Crippen molar-refractivity contribution in [1.82, 2.24) is 34.8 Å². The highest BCUT2D eigenvalue weighted by atomic mass is 15.2. The van der Waals surface area contributed by atoms with E-state index in [-0.39, 0.29) is 5.92 Å². The highest BCUT2D eigenvalue weighted by Gasteiger charge is 2.29. The van der Waals surface area contributed by atoms with Crippen LogP contribution in [0.15, 0.2) is 43.1 Å². The van der Waals surface area contributed by atoms with Crippen molar-refractivity contribution in [2.45, 2.75) is 19.0 Å². The van der Waals surface area contributed by atoms with Gasteiger partial charge in [-0.3, -0.25) is 14.7 Å². The van der Waals surface area contributed by atoms with Crippen LogP contribution in [-0.2, 0) is 20.1 Å². The zero-order valence-electron chi connectivity index (χ0n) is 14.0. The van der Waals surface area contributed by atoms with Gasteiger partial charge in [0.1, 0.15) is 0 Å². The van der Waals surface area contributed by atoms with E-state index in [2.05, 4.69) is 54.6 Å². The summed E-state index contributed by atoms with van der Waals surface area (Å²) in [5.74, 6) is 0.250. The lowest BCUT2D eigenvalue weighted by Gasteiger charge is -2.31. The van der Waals surface area contributed by atoms with E-state index in [0.717, 1.165) is 36.2 Å². The molecule has 1 aliphatic heterocycles. The van der Waals surface area contributed by atoms with Gasteiger partial charge in [0.15, 0.2) is 0 Å². The summed E-state index contributed by atoms with van der Waals surface area (Å²) < 4.78 is 1.85. The van der Waals surface area contributed by atoms with Crippen LogP contribution < -0.4 is 0 Å². The third kappa shape index (κ3) is 2.53. The molecule has 1 unspecified atom stereocenters. The first-order valence-corrected chi connectivity index (χ1v) is 8.41. The van der Waals surface area contributed by atoms with Crippen LogP contribution in [0.1, 0.15) is 28.4 Å². The van der Waals surface area contributed by atoms with Gasteiger partial charge in [0.2, 0.25) is 0 Å². The van der Waals surface area contributed by atoms with Crippen LogP contribution in [0, 0.1) is 0 Å². The lowest BCUT2D eigenvalue weighted by atomic mass is 9.93. The predicted molar refractivity (Wildman–Crippen MR) is 93.8 cm³/mol. The summed E-state index contributed by atoms with van der Waals surface area (Å²) >= 11 is 0. The number of H-pyrrole nitrogens is 2. The molecule has 3 aromatic heterocycles. The van der Waals surface area contributed by atoms with Crippen LogP contribution in [0.4, 0.5) is 0 Å². The number of aromatic nitrogens is 6. The quantitative estimate of drug-likeness (QED) is 0.602. The normalized spacial score (nSPS) is 17.9. The van der Waals surface area contributed by atoms with Crippen LogP contribution in [0.3, 0.4) is 0 Å². The molecule has 2 N–H and O–H groups in total. The Morgan fingerprint density at radius 1 is 1.28 bits per heavy atom. The summed E-state index contributed by atoms with van der Waals surface area (Å²) in [6.45, 7) is 2.71. The summed E-state index contributed by atoms with van der Waals surface area (Å²) in [5, 5.41) is 12.6. The number of rotatable bonds is 3. The fraction of sp³-hybridized carbons (Fsp3) is 0.278. The molecule has 5 rings (SSSR count). The average molecular weight is 333 g/mol. The number of nitrogens with one attached hydrogen (secondary N) is 2. The lowest BCUT2D eigenvalue weighted by Crippen LogP contribution is -2.33. The number of hydrogen-bond donors (Lipinski definition) is 2. The number of imidazole rings is 1. The van der Waals surface area contributed by atoms with Crippen molar-refractivity contribution < 1.29 is 0 Å². The van der Waals surface area contributed by atoms with Crippen LogP contribution in [0.25, 0.3) is 10.9 Å². The van der Waals surface area contributed by atoms with Crippen molar-refractivity contribution in [2.75, 3.05) is 6.54 Å². The molecule has 0 bridgehead atoms. The molecule has 126 valence electrons. The smallest absolute Gasteiger partial charge is 0.0925 e. The fourth-order valence-electron chi connectivity index (χ4n) is 3.74. The van der Waals surface area contributed by atoms with Gasteiger partial charge in [-0.1, -0.05) is 12.1 Å². The van der Waals surface area contributed by atoms with Gasteiger partial charge in [-0.2, -0.15) is 10.2 Å². The summed E-state index contributed by atoms with van der Waals surface area (Å²) in [4.78, 5) is 10.3. The Morgan fingerprint density at radius 3 is 3.12 bits per heavy atom. The zero-order valence-corrected chi connectivity index (χ0v) is 14.0. The maximum absolute atomic E-state index is 4.57. The van der Waals surface area contributed by atoms with Crippen molar-refractivity contribution in [3.8, 4) is 0 Å². The second-order valence-electron chi connectivity index (χ2n) is 6.73. The van der Waals surface area contributed by atoms with E-state index in [4.69, 9.17) is 0 Å². The number of aromatic amines is 2. The minimum atomic E-state index is 0.250. The van der Waals surface area contributed by atoms with E-state index in [1.807, 2.05) is 24.1 Å². The third-order valence-corrected chi connectivity index (χ3v) is 4.94. The van der Waals surface area contributed by atoms with E-state index in [9.17, 15) is 0 Å². The van der Waals surface area contributed by atoms with Crippen molar-refractivity contribution in [1.29, 1.82) is 0 Å². The van der Waals surface area contributed by atoms with Gasteiger partial charge < -0.3 is 4.98 Å². The molecule has 1 atom stereocenters. The molecule has 1 aromatic carbocycles. The van der Waals surface area contributed by atoms with Gasteiger partial charge in [-0.25, -0.2) is 4.98 Å². The van der Waals surface area contributed by atoms with Gasteiger partial charge >= 0.3 is 0 Å². The van der Waals surface area contributed by atoms with E-state index in [1.165, 1.54) is 16.8 Å². The van der Waals surface area contributed by atoms with Crippen LogP contribution in [0.2, 0.25) is 0 Å². The van der Waals surface area contributed by atoms with Crippen molar-refractivity contribution in [3.05, 3.63) is 65.6 Å². The molecular weight excluding hydrogens is 314 g/mol. The molecule has 0 aliphatic carbocycles. The number of aryl methyl sites for hydroxylation is 1. The Balaban J connectivity index is 1.44. The van der Waals surface area contributed by atoms with E-state index < -0.39 is 0 Å². The maximum atomic E-state index is 4.57. The highest BCUT2D eigenvalue weighted by Crippen LogP contribution is 2.32.